The van der Waals surface area contributed by atoms with Gasteiger partial charge in [0.05, 0.1) is 0 Å². The molecule has 244 valence electrons. The number of hydrogen-bond acceptors (Lipinski definition) is 0. The van der Waals surface area contributed by atoms with Gasteiger partial charge in [-0.15, -0.1) is 0 Å². The molecule has 0 heterocycles. The summed E-state index contributed by atoms with van der Waals surface area (Å²) in [5, 5.41) is 0. The molecule has 2 bridgehead atoms. The molecule has 0 aromatic carbocycles. The molecule has 0 N–H and O–H groups in total. The molecule has 0 aliphatic heterocycles. The summed E-state index contributed by atoms with van der Waals surface area (Å²) in [6, 6.07) is 0. The molecule has 0 nitrogen and oxygen atoms in total. The summed E-state index contributed by atoms with van der Waals surface area (Å²) in [5.74, 6) is -79.1. The first-order valence-corrected chi connectivity index (χ1v) is 11.0. The van der Waals surface area contributed by atoms with E-state index in [2.05, 4.69) is 0 Å². The first kappa shape index (κ1) is 35.7. The van der Waals surface area contributed by atoms with Crippen LogP contribution in [0, 0.1) is 23.2 Å². The maximum atomic E-state index is 14.4. The minimum Gasteiger partial charge on any atom is -0.200 e. The van der Waals surface area contributed by atoms with Crippen molar-refractivity contribution in [2.75, 3.05) is 0 Å². The summed E-state index contributed by atoms with van der Waals surface area (Å²) < 4.78 is 284. The molecule has 3 fully saturated rings. The molecule has 3 aliphatic rings. The van der Waals surface area contributed by atoms with E-state index in [4.69, 9.17) is 0 Å². The van der Waals surface area contributed by atoms with Crippen molar-refractivity contribution < 1.29 is 92.2 Å². The Morgan fingerprint density at radius 1 is 0.463 bits per heavy atom. The van der Waals surface area contributed by atoms with Crippen molar-refractivity contribution in [2.45, 2.75) is 99.0 Å². The van der Waals surface area contributed by atoms with E-state index < -0.39 is 89.6 Å². The minimum absolute atomic E-state index is 0.0263. The standard InChI is InChI=1S/C20H17F21/c1-10(2)8-4-3-7(9(10)5-8)6-11(21,22)12(23,24)13(25,26)14(27,28)15(29,30)16(31,32)17(33,34)18(35,36)19(37,38)20(39,40)41/h7-9H,3-6H2,1-2H3/t7-,8-,9+/m0/s1. The number of hydrogen-bond donors (Lipinski definition) is 0. The second-order valence-corrected chi connectivity index (χ2v) is 10.7. The van der Waals surface area contributed by atoms with Crippen LogP contribution in [0.1, 0.15) is 39.5 Å². The Hall–Kier alpha value is -1.47. The van der Waals surface area contributed by atoms with Gasteiger partial charge < -0.3 is 0 Å². The van der Waals surface area contributed by atoms with Crippen LogP contribution in [0.5, 0.6) is 0 Å². The predicted molar refractivity (Wildman–Crippen MR) is 93.3 cm³/mol. The number of alkyl halides is 21. The average molecular weight is 656 g/mol. The number of rotatable bonds is 10. The Labute approximate surface area is 215 Å². The molecule has 0 amide bonds. The highest BCUT2D eigenvalue weighted by Gasteiger charge is 2.97. The third kappa shape index (κ3) is 4.29. The van der Waals surface area contributed by atoms with Crippen molar-refractivity contribution in [3.8, 4) is 0 Å². The molecule has 0 aromatic heterocycles. The van der Waals surface area contributed by atoms with E-state index in [1.54, 1.807) is 0 Å². The van der Waals surface area contributed by atoms with Crippen molar-refractivity contribution in [2.24, 2.45) is 23.2 Å². The van der Waals surface area contributed by atoms with Crippen LogP contribution in [0.15, 0.2) is 0 Å². The number of fused-ring (bicyclic) bond motifs is 2. The van der Waals surface area contributed by atoms with E-state index in [1.807, 2.05) is 0 Å². The van der Waals surface area contributed by atoms with Crippen molar-refractivity contribution in [3.05, 3.63) is 0 Å². The monoisotopic (exact) mass is 656 g/mol. The van der Waals surface area contributed by atoms with Gasteiger partial charge in [-0.1, -0.05) is 13.8 Å². The van der Waals surface area contributed by atoms with Crippen LogP contribution >= 0.6 is 0 Å². The van der Waals surface area contributed by atoms with Crippen molar-refractivity contribution >= 4 is 0 Å². The van der Waals surface area contributed by atoms with E-state index in [9.17, 15) is 92.2 Å². The lowest BCUT2D eigenvalue weighted by Gasteiger charge is -2.60. The van der Waals surface area contributed by atoms with Crippen molar-refractivity contribution in [1.82, 2.24) is 0 Å². The van der Waals surface area contributed by atoms with Gasteiger partial charge in [0.25, 0.3) is 0 Å². The second-order valence-electron chi connectivity index (χ2n) is 10.7. The van der Waals surface area contributed by atoms with Gasteiger partial charge in [-0.25, -0.2) is 0 Å². The summed E-state index contributed by atoms with van der Waals surface area (Å²) >= 11 is 0. The zero-order valence-corrected chi connectivity index (χ0v) is 20.0. The van der Waals surface area contributed by atoms with Crippen LogP contribution in [-0.2, 0) is 0 Å². The second kappa shape index (κ2) is 9.03. The Kier molecular flexibility index (Phi) is 7.87. The van der Waals surface area contributed by atoms with E-state index in [0.717, 1.165) is 0 Å². The molecule has 21 heteroatoms. The van der Waals surface area contributed by atoms with Gasteiger partial charge in [0.15, 0.2) is 0 Å². The zero-order chi connectivity index (χ0) is 33.1. The van der Waals surface area contributed by atoms with Gasteiger partial charge >= 0.3 is 59.5 Å². The molecular weight excluding hydrogens is 639 g/mol. The van der Waals surface area contributed by atoms with Gasteiger partial charge in [0.1, 0.15) is 0 Å². The van der Waals surface area contributed by atoms with Crippen LogP contribution in [0.2, 0.25) is 0 Å². The topological polar surface area (TPSA) is 0 Å². The highest BCUT2D eigenvalue weighted by atomic mass is 19.4. The summed E-state index contributed by atoms with van der Waals surface area (Å²) in [7, 11) is 0. The summed E-state index contributed by atoms with van der Waals surface area (Å²) in [5.41, 5.74) is -0.870. The molecule has 0 radical (unpaired) electrons. The molecule has 3 atom stereocenters. The molecule has 0 unspecified atom stereocenters. The fraction of sp³-hybridized carbons (Fsp3) is 1.00. The fourth-order valence-corrected chi connectivity index (χ4v) is 5.26. The summed E-state index contributed by atoms with van der Waals surface area (Å²) in [6.45, 7) is 2.86. The third-order valence-corrected chi connectivity index (χ3v) is 8.10. The molecule has 3 rings (SSSR count). The van der Waals surface area contributed by atoms with E-state index in [1.165, 1.54) is 13.8 Å². The first-order chi connectivity index (χ1) is 17.6. The Morgan fingerprint density at radius 3 is 1.07 bits per heavy atom. The minimum atomic E-state index is -9.13. The van der Waals surface area contributed by atoms with Crippen LogP contribution in [0.4, 0.5) is 92.2 Å². The maximum Gasteiger partial charge on any atom is 0.460 e. The normalized spacial score (nSPS) is 25.7. The Balaban J connectivity index is 2.55. The molecule has 3 saturated carbocycles. The lowest BCUT2D eigenvalue weighted by Crippen LogP contribution is -2.76. The SMILES string of the molecule is CC1(C)[C@H]2CC[C@@H](CC(F)(F)C(F)(F)C(F)(F)C(F)(F)C(F)(F)C(F)(F)C(F)(F)C(F)(F)C(F)(F)C(F)(F)F)[C@H]1C2. The number of halogens is 21. The van der Waals surface area contributed by atoms with Crippen molar-refractivity contribution in [1.29, 1.82) is 0 Å². The zero-order valence-electron chi connectivity index (χ0n) is 20.0. The first-order valence-electron chi connectivity index (χ1n) is 11.0. The van der Waals surface area contributed by atoms with E-state index in [-0.39, 0.29) is 18.8 Å². The smallest absolute Gasteiger partial charge is 0.200 e. The maximum absolute atomic E-state index is 14.4. The molecule has 3 aliphatic carbocycles. The van der Waals surface area contributed by atoms with Crippen LogP contribution < -0.4 is 0 Å². The quantitative estimate of drug-likeness (QED) is 0.206. The van der Waals surface area contributed by atoms with Gasteiger partial charge in [-0.3, -0.25) is 0 Å². The Bertz CT molecular complexity index is 985. The lowest BCUT2D eigenvalue weighted by molar-refractivity contribution is -0.474. The molecule has 0 saturated heterocycles. The fourth-order valence-electron chi connectivity index (χ4n) is 5.26. The molecule has 41 heavy (non-hydrogen) atoms. The van der Waals surface area contributed by atoms with Crippen LogP contribution in [-0.4, -0.2) is 59.5 Å². The highest BCUT2D eigenvalue weighted by molar-refractivity contribution is 5.18. The summed E-state index contributed by atoms with van der Waals surface area (Å²) in [4.78, 5) is 0. The van der Waals surface area contributed by atoms with Gasteiger partial charge in [-0.05, 0) is 42.4 Å². The Morgan fingerprint density at radius 2 is 0.780 bits per heavy atom. The van der Waals surface area contributed by atoms with E-state index in [0.29, 0.717) is 0 Å². The highest BCUT2D eigenvalue weighted by Crippen LogP contribution is 2.68. The average Bonchev–Trinajstić information content (AvgIpc) is 2.76. The predicted octanol–water partition coefficient (Wildman–Crippen LogP) is 9.73. The molecule has 0 spiro atoms. The van der Waals surface area contributed by atoms with Gasteiger partial charge in [-0.2, -0.15) is 92.2 Å². The molecular formula is C20H17F21. The summed E-state index contributed by atoms with van der Waals surface area (Å²) in [6.07, 6.45) is -10.8. The lowest BCUT2D eigenvalue weighted by atomic mass is 9.45. The van der Waals surface area contributed by atoms with Crippen LogP contribution in [0.3, 0.4) is 0 Å². The van der Waals surface area contributed by atoms with Crippen LogP contribution in [0.25, 0.3) is 0 Å². The third-order valence-electron chi connectivity index (χ3n) is 8.10. The largest absolute Gasteiger partial charge is 0.460 e. The van der Waals surface area contributed by atoms with E-state index >= 15 is 0 Å². The van der Waals surface area contributed by atoms with Crippen molar-refractivity contribution in [3.63, 3.8) is 0 Å². The van der Waals surface area contributed by atoms with Gasteiger partial charge in [0, 0.05) is 6.42 Å². The molecule has 0 aromatic rings. The van der Waals surface area contributed by atoms with Gasteiger partial charge in [0.2, 0.25) is 0 Å².